The van der Waals surface area contributed by atoms with E-state index in [-0.39, 0.29) is 16.6 Å². The largest absolute Gasteiger partial charge is 0.504 e. The maximum atomic E-state index is 12.7. The molecule has 0 radical (unpaired) electrons. The van der Waals surface area contributed by atoms with Gasteiger partial charge in [-0.1, -0.05) is 0 Å². The van der Waals surface area contributed by atoms with Crippen LogP contribution in [0.3, 0.4) is 0 Å². The molecule has 2 saturated heterocycles. The van der Waals surface area contributed by atoms with Crippen LogP contribution in [-0.4, -0.2) is 139 Å². The molecule has 3 rings (SSSR count). The molecule has 0 saturated carbocycles. The van der Waals surface area contributed by atoms with Gasteiger partial charge >= 0.3 is 41.8 Å². The quantitative estimate of drug-likeness (QED) is 0.0659. The van der Waals surface area contributed by atoms with E-state index in [9.17, 15) is 38.7 Å². The highest BCUT2D eigenvalue weighted by atomic mass is 32.1. The molecule has 0 aromatic heterocycles. The highest BCUT2D eigenvalue weighted by Gasteiger charge is 2.57. The lowest BCUT2D eigenvalue weighted by molar-refractivity contribution is -0.345. The Hall–Kier alpha value is -5.65. The number of nitrogens with zero attached hydrogens (tertiary/aromatic N) is 1. The third kappa shape index (κ3) is 14.9. The fourth-order valence-corrected chi connectivity index (χ4v) is 6.01. The van der Waals surface area contributed by atoms with Crippen molar-refractivity contribution in [3.05, 3.63) is 23.8 Å². The molecular weight excluding hydrogens is 810 g/mol. The molecule has 0 bridgehead atoms. The van der Waals surface area contributed by atoms with Crippen molar-refractivity contribution in [3.8, 4) is 11.5 Å². The molecule has 2 heterocycles. The van der Waals surface area contributed by atoms with Crippen molar-refractivity contribution in [1.82, 2.24) is 10.7 Å². The maximum Gasteiger partial charge on any atom is 0.303 e. The summed E-state index contributed by atoms with van der Waals surface area (Å²) in [6.07, 6.45) is -14.7. The number of aromatic hydroxyl groups is 1. The van der Waals surface area contributed by atoms with Gasteiger partial charge in [0.05, 0.1) is 12.8 Å². The number of hydrogen-bond acceptors (Lipinski definition) is 21. The van der Waals surface area contributed by atoms with Crippen LogP contribution in [0.1, 0.15) is 61.0 Å². The highest BCUT2D eigenvalue weighted by Crippen LogP contribution is 2.35. The van der Waals surface area contributed by atoms with E-state index in [0.717, 1.165) is 48.5 Å². The van der Waals surface area contributed by atoms with Crippen molar-refractivity contribution in [2.75, 3.05) is 19.8 Å². The topological polar surface area (TPSA) is 278 Å². The Balaban J connectivity index is 2.07. The van der Waals surface area contributed by atoms with E-state index in [2.05, 4.69) is 15.8 Å². The number of ether oxygens (including phenoxy) is 11. The van der Waals surface area contributed by atoms with Crippen molar-refractivity contribution >= 4 is 65.3 Å². The second kappa shape index (κ2) is 22.5. The summed E-state index contributed by atoms with van der Waals surface area (Å²) in [5.74, 6) is -5.95. The molecule has 3 N–H and O–H groups in total. The number of phenols is 1. The summed E-state index contributed by atoms with van der Waals surface area (Å²) in [5.41, 5.74) is 3.07. The van der Waals surface area contributed by atoms with E-state index in [1.807, 2.05) is 0 Å². The summed E-state index contributed by atoms with van der Waals surface area (Å²) in [6, 6.07) is 4.48. The fourth-order valence-electron chi connectivity index (χ4n) is 5.84. The second-order valence-electron chi connectivity index (χ2n) is 12.7. The van der Waals surface area contributed by atoms with Crippen LogP contribution in [0.4, 0.5) is 0 Å². The molecule has 22 nitrogen and oxygen atoms in total. The van der Waals surface area contributed by atoms with Gasteiger partial charge in [0.15, 0.2) is 59.6 Å². The Bertz CT molecular complexity index is 1740. The lowest BCUT2D eigenvalue weighted by Gasteiger charge is -2.49. The summed E-state index contributed by atoms with van der Waals surface area (Å²) in [7, 11) is 0. The first kappa shape index (κ1) is 47.7. The minimum atomic E-state index is -1.84. The number of phenolic OH excluding ortho intramolecular Hbond substituents is 1. The average Bonchev–Trinajstić information content (AvgIpc) is 3.12. The van der Waals surface area contributed by atoms with Gasteiger partial charge in [0.25, 0.3) is 0 Å². The van der Waals surface area contributed by atoms with Crippen LogP contribution in [-0.2, 0) is 80.9 Å². The monoisotopic (exact) mass is 857 g/mol. The van der Waals surface area contributed by atoms with Crippen molar-refractivity contribution in [1.29, 1.82) is 0 Å². The SMILES string of the molecule is CCOc1cc(/C=N/NC(=S)N[C@@H]2O[C@H](COC(C)=O)[C@@H](O[C@@H]3O[C@H](COC(C)=O)[C@H](OC(C)=O)[C@H](OC(C)=O)[C@H]3OC(C)=O)[C@H](OC(C)=O)[C@H]2OC(C)=O)ccc1O. The van der Waals surface area contributed by atoms with Crippen molar-refractivity contribution in [2.45, 2.75) is 117 Å². The Labute approximate surface area is 343 Å². The molecule has 0 spiro atoms. The van der Waals surface area contributed by atoms with Gasteiger partial charge in [0.2, 0.25) is 0 Å². The van der Waals surface area contributed by atoms with E-state index in [1.165, 1.54) is 18.3 Å². The van der Waals surface area contributed by atoms with Crippen LogP contribution in [0, 0.1) is 0 Å². The molecule has 326 valence electrons. The van der Waals surface area contributed by atoms with Gasteiger partial charge < -0.3 is 62.5 Å². The molecule has 59 heavy (non-hydrogen) atoms. The summed E-state index contributed by atoms with van der Waals surface area (Å²) in [5, 5.41) is 16.6. The lowest BCUT2D eigenvalue weighted by atomic mass is 9.95. The summed E-state index contributed by atoms with van der Waals surface area (Å²) >= 11 is 5.41. The van der Waals surface area contributed by atoms with Crippen molar-refractivity contribution < 1.29 is 90.8 Å². The van der Waals surface area contributed by atoms with E-state index in [1.54, 1.807) is 13.0 Å². The molecule has 0 aliphatic carbocycles. The standard InChI is InChI=1S/C36H47N3O19S/c1-9-48-25-12-23(10-11-24(25)47)13-37-39-36(59)38-34-32(54-21(7)45)30(52-19(5)43)29(26(56-34)14-49-16(2)40)58-35-33(55-22(8)46)31(53-20(6)44)28(51-18(4)42)27(57-35)15-50-17(3)41/h10-13,26-35,47H,9,14-15H2,1-8H3,(H2,38,39,59)/b37-13+/t26-,27-,28+,29-,30+,31+,32-,33-,34-,35+/m1/s1. The number of carbonyl (C=O) groups is 7. The summed E-state index contributed by atoms with van der Waals surface area (Å²) in [4.78, 5) is 86.2. The summed E-state index contributed by atoms with van der Waals surface area (Å²) < 4.78 is 62.0. The minimum absolute atomic E-state index is 0.0813. The van der Waals surface area contributed by atoms with Gasteiger partial charge in [-0.3, -0.25) is 39.0 Å². The van der Waals surface area contributed by atoms with E-state index < -0.39 is 116 Å². The van der Waals surface area contributed by atoms with Crippen LogP contribution in [0.15, 0.2) is 23.3 Å². The van der Waals surface area contributed by atoms with E-state index in [0.29, 0.717) is 12.2 Å². The third-order valence-corrected chi connectivity index (χ3v) is 8.07. The van der Waals surface area contributed by atoms with Crippen LogP contribution >= 0.6 is 12.2 Å². The number of esters is 7. The average molecular weight is 858 g/mol. The molecule has 1 aromatic rings. The molecule has 0 amide bonds. The van der Waals surface area contributed by atoms with Crippen molar-refractivity contribution in [3.63, 3.8) is 0 Å². The predicted octanol–water partition coefficient (Wildman–Crippen LogP) is 0.209. The first-order valence-electron chi connectivity index (χ1n) is 17.9. The number of nitrogens with one attached hydrogen (secondary N) is 2. The second-order valence-corrected chi connectivity index (χ2v) is 13.1. The number of hydrogen-bond donors (Lipinski definition) is 3. The Morgan fingerprint density at radius 1 is 0.695 bits per heavy atom. The van der Waals surface area contributed by atoms with Crippen LogP contribution in [0.2, 0.25) is 0 Å². The number of hydrazone groups is 1. The lowest BCUT2D eigenvalue weighted by Crippen LogP contribution is -2.69. The maximum absolute atomic E-state index is 12.7. The smallest absolute Gasteiger partial charge is 0.303 e. The fraction of sp³-hybridized carbons (Fsp3) is 0.583. The van der Waals surface area contributed by atoms with Gasteiger partial charge in [-0.2, -0.15) is 5.10 Å². The van der Waals surface area contributed by atoms with E-state index in [4.69, 9.17) is 64.3 Å². The minimum Gasteiger partial charge on any atom is -0.504 e. The van der Waals surface area contributed by atoms with E-state index >= 15 is 0 Å². The van der Waals surface area contributed by atoms with Gasteiger partial charge in [0, 0.05) is 48.5 Å². The Kier molecular flexibility index (Phi) is 18.2. The van der Waals surface area contributed by atoms with Crippen LogP contribution in [0.5, 0.6) is 11.5 Å². The molecule has 23 heteroatoms. The number of carbonyl (C=O) groups excluding carboxylic acids is 7. The first-order valence-corrected chi connectivity index (χ1v) is 18.3. The summed E-state index contributed by atoms with van der Waals surface area (Å²) in [6.45, 7) is 8.20. The van der Waals surface area contributed by atoms with Crippen molar-refractivity contribution in [2.24, 2.45) is 5.10 Å². The molecule has 10 atom stereocenters. The first-order chi connectivity index (χ1) is 27.8. The normalized spacial score (nSPS) is 26.3. The molecule has 2 aliphatic rings. The number of rotatable bonds is 16. The van der Waals surface area contributed by atoms with Gasteiger partial charge in [-0.05, 0) is 42.9 Å². The highest BCUT2D eigenvalue weighted by molar-refractivity contribution is 7.80. The zero-order chi connectivity index (χ0) is 44.0. The number of benzene rings is 1. The molecule has 1 aromatic carbocycles. The predicted molar refractivity (Wildman–Crippen MR) is 199 cm³/mol. The van der Waals surface area contributed by atoms with Crippen LogP contribution < -0.4 is 15.5 Å². The molecular formula is C36H47N3O19S. The molecule has 0 unspecified atom stereocenters. The Morgan fingerprint density at radius 3 is 1.71 bits per heavy atom. The Morgan fingerprint density at radius 2 is 1.19 bits per heavy atom. The molecule has 2 fully saturated rings. The zero-order valence-corrected chi connectivity index (χ0v) is 34.2. The number of thiocarbonyl (C=S) groups is 1. The molecule has 2 aliphatic heterocycles. The van der Waals surface area contributed by atoms with Gasteiger partial charge in [-0.25, -0.2) is 0 Å². The zero-order valence-electron chi connectivity index (χ0n) is 33.4. The van der Waals surface area contributed by atoms with Crippen LogP contribution in [0.25, 0.3) is 0 Å². The van der Waals surface area contributed by atoms with Gasteiger partial charge in [0.1, 0.15) is 31.5 Å². The van der Waals surface area contributed by atoms with Gasteiger partial charge in [-0.15, -0.1) is 0 Å². The third-order valence-electron chi connectivity index (χ3n) is 7.87.